The summed E-state index contributed by atoms with van der Waals surface area (Å²) < 4.78 is 46.5. The molecule has 1 aliphatic carbocycles. The lowest BCUT2D eigenvalue weighted by molar-refractivity contribution is 0.570. The average molecular weight is 379 g/mol. The van der Waals surface area contributed by atoms with Crippen LogP contribution >= 0.6 is 11.5 Å². The van der Waals surface area contributed by atoms with Crippen LogP contribution in [0.25, 0.3) is 0 Å². The van der Waals surface area contributed by atoms with E-state index < -0.39 is 20.7 Å². The largest absolute Gasteiger partial charge is 0.276 e. The highest BCUT2D eigenvalue weighted by Crippen LogP contribution is 2.38. The van der Waals surface area contributed by atoms with Gasteiger partial charge >= 0.3 is 0 Å². The molecule has 1 aliphatic rings. The molecule has 2 aromatic heterocycles. The summed E-state index contributed by atoms with van der Waals surface area (Å²) in [7, 11) is -4.01. The number of hydrogen-bond acceptors (Lipinski definition) is 6. The molecule has 2 heterocycles. The van der Waals surface area contributed by atoms with E-state index >= 15 is 0 Å². The molecule has 0 aliphatic heterocycles. The number of halogens is 1. The Balaban J connectivity index is 1.48. The van der Waals surface area contributed by atoms with Crippen molar-refractivity contribution in [2.45, 2.75) is 30.2 Å². The van der Waals surface area contributed by atoms with E-state index in [-0.39, 0.29) is 5.69 Å². The van der Waals surface area contributed by atoms with Gasteiger partial charge in [0.15, 0.2) is 0 Å². The Labute approximate surface area is 147 Å². The maximum atomic E-state index is 13.7. The first-order valence-electron chi connectivity index (χ1n) is 7.63. The molecule has 0 saturated heterocycles. The van der Waals surface area contributed by atoms with E-state index in [1.165, 1.54) is 42.1 Å². The Morgan fingerprint density at radius 2 is 2.12 bits per heavy atom. The van der Waals surface area contributed by atoms with Crippen LogP contribution in [0, 0.1) is 5.82 Å². The van der Waals surface area contributed by atoms with Crippen molar-refractivity contribution in [3.8, 4) is 0 Å². The van der Waals surface area contributed by atoms with E-state index in [0.717, 1.165) is 29.7 Å². The van der Waals surface area contributed by atoms with Crippen LogP contribution in [-0.4, -0.2) is 27.6 Å². The van der Waals surface area contributed by atoms with Crippen LogP contribution < -0.4 is 4.72 Å². The minimum Gasteiger partial charge on any atom is -0.276 e. The van der Waals surface area contributed by atoms with Crippen molar-refractivity contribution in [1.29, 1.82) is 0 Å². The number of rotatable bonds is 6. The Kier molecular flexibility index (Phi) is 4.00. The van der Waals surface area contributed by atoms with Gasteiger partial charge in [0.1, 0.15) is 21.5 Å². The molecule has 25 heavy (non-hydrogen) atoms. The van der Waals surface area contributed by atoms with E-state index in [1.54, 1.807) is 4.68 Å². The number of benzene rings is 1. The molecule has 0 spiro atoms. The lowest BCUT2D eigenvalue weighted by Gasteiger charge is -2.06. The van der Waals surface area contributed by atoms with Crippen LogP contribution in [0.2, 0.25) is 0 Å². The topological polar surface area (TPSA) is 89.8 Å². The van der Waals surface area contributed by atoms with Gasteiger partial charge in [0.25, 0.3) is 10.0 Å². The molecule has 4 rings (SSSR count). The number of hydrogen-bond donors (Lipinski definition) is 1. The summed E-state index contributed by atoms with van der Waals surface area (Å²) in [4.78, 5) is 4.07. The van der Waals surface area contributed by atoms with Gasteiger partial charge < -0.3 is 0 Å². The zero-order chi connectivity index (χ0) is 17.4. The normalized spacial score (nSPS) is 14.6. The Bertz CT molecular complexity index is 1010. The summed E-state index contributed by atoms with van der Waals surface area (Å²) in [6.45, 7) is 0.409. The SMILES string of the molecule is O=S(=O)(Nc1cnn(Cc2nc(C3CC3)ns2)c1)c1ccccc1F. The van der Waals surface area contributed by atoms with Crippen LogP contribution in [0.3, 0.4) is 0 Å². The molecular formula is C15H14FN5O2S2. The van der Waals surface area contributed by atoms with E-state index in [4.69, 9.17) is 0 Å². The molecule has 0 unspecified atom stereocenters. The van der Waals surface area contributed by atoms with Gasteiger partial charge in [-0.05, 0) is 36.5 Å². The summed E-state index contributed by atoms with van der Waals surface area (Å²) in [5, 5.41) is 4.93. The maximum Gasteiger partial charge on any atom is 0.264 e. The second kappa shape index (κ2) is 6.19. The number of aromatic nitrogens is 4. The van der Waals surface area contributed by atoms with Crippen molar-refractivity contribution in [2.75, 3.05) is 4.72 Å². The van der Waals surface area contributed by atoms with Gasteiger partial charge in [-0.25, -0.2) is 17.8 Å². The molecule has 130 valence electrons. The number of nitrogens with zero attached hydrogens (tertiary/aromatic N) is 4. The molecule has 1 fully saturated rings. The predicted molar refractivity (Wildman–Crippen MR) is 90.4 cm³/mol. The molecule has 10 heteroatoms. The minimum absolute atomic E-state index is 0.259. The zero-order valence-corrected chi connectivity index (χ0v) is 14.6. The van der Waals surface area contributed by atoms with Gasteiger partial charge in [-0.15, -0.1) is 0 Å². The van der Waals surface area contributed by atoms with Crippen LogP contribution in [0.1, 0.15) is 29.6 Å². The summed E-state index contributed by atoms with van der Waals surface area (Å²) in [6, 6.07) is 5.21. The third-order valence-corrected chi connectivity index (χ3v) is 5.86. The number of nitrogens with one attached hydrogen (secondary N) is 1. The van der Waals surface area contributed by atoms with Gasteiger partial charge in [0.2, 0.25) is 0 Å². The molecule has 0 amide bonds. The first-order valence-corrected chi connectivity index (χ1v) is 9.89. The monoisotopic (exact) mass is 379 g/mol. The fraction of sp³-hybridized carbons (Fsp3) is 0.267. The Hall–Kier alpha value is -2.33. The number of anilines is 1. The van der Waals surface area contributed by atoms with Crippen molar-refractivity contribution in [1.82, 2.24) is 19.1 Å². The van der Waals surface area contributed by atoms with Crippen LogP contribution in [0.4, 0.5) is 10.1 Å². The van der Waals surface area contributed by atoms with Gasteiger partial charge in [0, 0.05) is 12.1 Å². The molecule has 0 bridgehead atoms. The molecule has 1 aromatic carbocycles. The fourth-order valence-corrected chi connectivity index (χ4v) is 4.18. The smallest absolute Gasteiger partial charge is 0.264 e. The van der Waals surface area contributed by atoms with Gasteiger partial charge in [-0.3, -0.25) is 9.40 Å². The molecule has 0 radical (unpaired) electrons. The first kappa shape index (κ1) is 16.2. The molecule has 1 saturated carbocycles. The molecule has 0 atom stereocenters. The highest BCUT2D eigenvalue weighted by Gasteiger charge is 2.27. The standard InChI is InChI=1S/C15H14FN5O2S2/c16-12-3-1-2-4-13(12)25(22,23)20-11-7-17-21(8-11)9-14-18-15(19-24-14)10-5-6-10/h1-4,7-8,10,20H,5-6,9H2. The van der Waals surface area contributed by atoms with E-state index in [0.29, 0.717) is 12.5 Å². The summed E-state index contributed by atoms with van der Waals surface area (Å²) in [6.07, 6.45) is 5.19. The van der Waals surface area contributed by atoms with Gasteiger partial charge in [-0.1, -0.05) is 12.1 Å². The maximum absolute atomic E-state index is 13.7. The van der Waals surface area contributed by atoms with Gasteiger partial charge in [0.05, 0.1) is 18.4 Å². The first-order chi connectivity index (χ1) is 12.0. The summed E-state index contributed by atoms with van der Waals surface area (Å²) in [5.41, 5.74) is 0.259. The summed E-state index contributed by atoms with van der Waals surface area (Å²) in [5.74, 6) is 0.572. The average Bonchev–Trinajstić information content (AvgIpc) is 3.17. The number of sulfonamides is 1. The van der Waals surface area contributed by atoms with E-state index in [2.05, 4.69) is 19.2 Å². The lowest BCUT2D eigenvalue weighted by atomic mass is 10.4. The zero-order valence-electron chi connectivity index (χ0n) is 13.0. The highest BCUT2D eigenvalue weighted by atomic mass is 32.2. The Morgan fingerprint density at radius 1 is 1.32 bits per heavy atom. The third kappa shape index (κ3) is 3.54. The fourth-order valence-electron chi connectivity index (χ4n) is 2.35. The van der Waals surface area contributed by atoms with Crippen molar-refractivity contribution in [3.05, 3.63) is 53.3 Å². The summed E-state index contributed by atoms with van der Waals surface area (Å²) >= 11 is 1.32. The second-order valence-electron chi connectivity index (χ2n) is 5.78. The molecule has 1 N–H and O–H groups in total. The predicted octanol–water partition coefficient (Wildman–Crippen LogP) is 2.60. The van der Waals surface area contributed by atoms with E-state index in [9.17, 15) is 12.8 Å². The van der Waals surface area contributed by atoms with Crippen LogP contribution in [-0.2, 0) is 16.6 Å². The quantitative estimate of drug-likeness (QED) is 0.711. The third-order valence-electron chi connectivity index (χ3n) is 3.74. The van der Waals surface area contributed by atoms with Crippen molar-refractivity contribution in [3.63, 3.8) is 0 Å². The van der Waals surface area contributed by atoms with Gasteiger partial charge in [-0.2, -0.15) is 9.47 Å². The Morgan fingerprint density at radius 3 is 2.88 bits per heavy atom. The lowest BCUT2D eigenvalue weighted by Crippen LogP contribution is -2.14. The molecular weight excluding hydrogens is 365 g/mol. The molecule has 7 nitrogen and oxygen atoms in total. The van der Waals surface area contributed by atoms with Crippen LogP contribution in [0.15, 0.2) is 41.6 Å². The van der Waals surface area contributed by atoms with Crippen molar-refractivity contribution >= 4 is 27.2 Å². The highest BCUT2D eigenvalue weighted by molar-refractivity contribution is 7.92. The second-order valence-corrected chi connectivity index (χ2v) is 8.27. The van der Waals surface area contributed by atoms with E-state index in [1.807, 2.05) is 0 Å². The van der Waals surface area contributed by atoms with Crippen molar-refractivity contribution in [2.24, 2.45) is 0 Å². The van der Waals surface area contributed by atoms with Crippen molar-refractivity contribution < 1.29 is 12.8 Å². The molecule has 3 aromatic rings. The van der Waals surface area contributed by atoms with Crippen LogP contribution in [0.5, 0.6) is 0 Å². The minimum atomic E-state index is -4.01.